The van der Waals surface area contributed by atoms with Gasteiger partial charge < -0.3 is 15.1 Å². The quantitative estimate of drug-likeness (QED) is 0.602. The van der Waals surface area contributed by atoms with E-state index in [1.807, 2.05) is 13.4 Å². The van der Waals surface area contributed by atoms with Crippen LogP contribution in [0.15, 0.2) is 4.99 Å². The zero-order valence-electron chi connectivity index (χ0n) is 11.0. The van der Waals surface area contributed by atoms with E-state index in [1.165, 1.54) is 32.5 Å². The standard InChI is InChI=1S/C12H27N4/c1-4-7-16(8-5-2,9-6-13-3)12-10-14-11-15-12/h11-13H,4-10H2,1-3H3,(H,14,15)/q+1. The number of hydrogen-bond acceptors (Lipinski definition) is 3. The van der Waals surface area contributed by atoms with Crippen molar-refractivity contribution >= 4 is 6.34 Å². The molecule has 1 aliphatic rings. The lowest BCUT2D eigenvalue weighted by molar-refractivity contribution is -0.950. The average Bonchev–Trinajstić information content (AvgIpc) is 2.80. The van der Waals surface area contributed by atoms with Gasteiger partial charge in [0.1, 0.15) is 6.54 Å². The minimum Gasteiger partial charge on any atom is -0.326 e. The third-order valence-electron chi connectivity index (χ3n) is 3.44. The second-order valence-corrected chi connectivity index (χ2v) is 4.67. The molecule has 1 heterocycles. The summed E-state index contributed by atoms with van der Waals surface area (Å²) in [6.45, 7) is 10.3. The summed E-state index contributed by atoms with van der Waals surface area (Å²) in [6, 6.07) is 0. The summed E-state index contributed by atoms with van der Waals surface area (Å²) in [5.41, 5.74) is 0. The minimum absolute atomic E-state index is 0.494. The molecule has 1 rings (SSSR count). The Kier molecular flexibility index (Phi) is 5.77. The molecule has 0 aromatic rings. The van der Waals surface area contributed by atoms with Crippen LogP contribution >= 0.6 is 0 Å². The van der Waals surface area contributed by atoms with Gasteiger partial charge in [0.05, 0.1) is 26.0 Å². The Hall–Kier alpha value is -0.610. The summed E-state index contributed by atoms with van der Waals surface area (Å²) in [4.78, 5) is 4.33. The van der Waals surface area contributed by atoms with Crippen molar-refractivity contribution < 1.29 is 4.48 Å². The summed E-state index contributed by atoms with van der Waals surface area (Å²) >= 11 is 0. The molecule has 0 amide bonds. The minimum atomic E-state index is 0.494. The average molecular weight is 227 g/mol. The van der Waals surface area contributed by atoms with Gasteiger partial charge in [-0.05, 0) is 19.9 Å². The van der Waals surface area contributed by atoms with Crippen molar-refractivity contribution in [1.82, 2.24) is 10.6 Å². The number of quaternary nitrogens is 1. The van der Waals surface area contributed by atoms with Gasteiger partial charge in [-0.3, -0.25) is 4.99 Å². The van der Waals surface area contributed by atoms with E-state index in [1.54, 1.807) is 0 Å². The van der Waals surface area contributed by atoms with Crippen LogP contribution in [0.2, 0.25) is 0 Å². The summed E-state index contributed by atoms with van der Waals surface area (Å²) in [7, 11) is 2.03. The van der Waals surface area contributed by atoms with Gasteiger partial charge in [-0.15, -0.1) is 0 Å². The van der Waals surface area contributed by atoms with Crippen LogP contribution in [0.25, 0.3) is 0 Å². The van der Waals surface area contributed by atoms with E-state index >= 15 is 0 Å². The number of rotatable bonds is 8. The molecule has 94 valence electrons. The number of nitrogens with zero attached hydrogens (tertiary/aromatic N) is 2. The second-order valence-electron chi connectivity index (χ2n) is 4.67. The molecule has 0 aromatic heterocycles. The molecule has 4 heteroatoms. The highest BCUT2D eigenvalue weighted by Crippen LogP contribution is 2.16. The zero-order chi connectivity index (χ0) is 11.9. The summed E-state index contributed by atoms with van der Waals surface area (Å²) < 4.78 is 1.16. The van der Waals surface area contributed by atoms with Gasteiger partial charge in [0, 0.05) is 6.54 Å². The Bertz CT molecular complexity index is 201. The maximum absolute atomic E-state index is 4.33. The molecule has 1 unspecified atom stereocenters. The van der Waals surface area contributed by atoms with Crippen molar-refractivity contribution in [3.05, 3.63) is 0 Å². The largest absolute Gasteiger partial charge is 0.326 e. The number of aliphatic imine (C=N–C) groups is 1. The Morgan fingerprint density at radius 2 is 2.00 bits per heavy atom. The normalized spacial score (nSPS) is 20.1. The molecule has 1 atom stereocenters. The SMILES string of the molecule is CCC[N+](CCC)(CCNC)C1CN=CN1. The first-order chi connectivity index (χ1) is 7.79. The van der Waals surface area contributed by atoms with Crippen LogP contribution in [0.1, 0.15) is 26.7 Å². The Morgan fingerprint density at radius 3 is 2.44 bits per heavy atom. The second kappa shape index (κ2) is 6.86. The van der Waals surface area contributed by atoms with Crippen molar-refractivity contribution in [2.45, 2.75) is 32.9 Å². The monoisotopic (exact) mass is 227 g/mol. The molecule has 4 nitrogen and oxygen atoms in total. The van der Waals surface area contributed by atoms with Crippen LogP contribution in [-0.4, -0.2) is 56.8 Å². The lowest BCUT2D eigenvalue weighted by atomic mass is 10.2. The third-order valence-corrected chi connectivity index (χ3v) is 3.44. The number of nitrogens with one attached hydrogen (secondary N) is 2. The van der Waals surface area contributed by atoms with Gasteiger partial charge in [-0.1, -0.05) is 13.8 Å². The lowest BCUT2D eigenvalue weighted by Crippen LogP contribution is -2.63. The van der Waals surface area contributed by atoms with Gasteiger partial charge >= 0.3 is 0 Å². The van der Waals surface area contributed by atoms with Crippen LogP contribution in [0.4, 0.5) is 0 Å². The molecular formula is C12H27N4+. The molecule has 0 aromatic carbocycles. The summed E-state index contributed by atoms with van der Waals surface area (Å²) in [6.07, 6.45) is 4.85. The highest BCUT2D eigenvalue weighted by atomic mass is 15.5. The first kappa shape index (κ1) is 13.5. The van der Waals surface area contributed by atoms with Crippen LogP contribution in [-0.2, 0) is 0 Å². The molecule has 0 radical (unpaired) electrons. The Balaban J connectivity index is 2.68. The fourth-order valence-electron chi connectivity index (χ4n) is 2.70. The zero-order valence-corrected chi connectivity index (χ0v) is 11.0. The molecule has 0 saturated heterocycles. The first-order valence-corrected chi connectivity index (χ1v) is 6.53. The predicted octanol–water partition coefficient (Wildman–Crippen LogP) is 0.800. The fraction of sp³-hybridized carbons (Fsp3) is 0.917. The third kappa shape index (κ3) is 3.19. The number of likely N-dealkylation sites (N-methyl/N-ethyl adjacent to an activating group) is 1. The van der Waals surface area contributed by atoms with Crippen LogP contribution in [0, 0.1) is 0 Å². The van der Waals surface area contributed by atoms with Crippen molar-refractivity contribution in [1.29, 1.82) is 0 Å². The molecule has 0 spiro atoms. The molecule has 0 bridgehead atoms. The van der Waals surface area contributed by atoms with Crippen molar-refractivity contribution in [3.63, 3.8) is 0 Å². The molecular weight excluding hydrogens is 200 g/mol. The van der Waals surface area contributed by atoms with E-state index in [4.69, 9.17) is 0 Å². The van der Waals surface area contributed by atoms with E-state index < -0.39 is 0 Å². The van der Waals surface area contributed by atoms with Crippen LogP contribution < -0.4 is 10.6 Å². The Labute approximate surface area is 99.7 Å². The molecule has 0 aliphatic carbocycles. The van der Waals surface area contributed by atoms with E-state index in [0.29, 0.717) is 6.17 Å². The molecule has 2 N–H and O–H groups in total. The summed E-state index contributed by atoms with van der Waals surface area (Å²) in [5, 5.41) is 6.71. The molecule has 16 heavy (non-hydrogen) atoms. The molecule has 1 aliphatic heterocycles. The van der Waals surface area contributed by atoms with Crippen molar-refractivity contribution in [3.8, 4) is 0 Å². The van der Waals surface area contributed by atoms with Gasteiger partial charge in [-0.25, -0.2) is 0 Å². The van der Waals surface area contributed by atoms with E-state index in [-0.39, 0.29) is 0 Å². The van der Waals surface area contributed by atoms with E-state index in [9.17, 15) is 0 Å². The maximum atomic E-state index is 4.33. The fourth-order valence-corrected chi connectivity index (χ4v) is 2.70. The predicted molar refractivity (Wildman–Crippen MR) is 69.7 cm³/mol. The lowest BCUT2D eigenvalue weighted by Gasteiger charge is -2.43. The van der Waals surface area contributed by atoms with E-state index in [2.05, 4.69) is 29.5 Å². The van der Waals surface area contributed by atoms with Crippen LogP contribution in [0.5, 0.6) is 0 Å². The molecule has 0 saturated carbocycles. The highest BCUT2D eigenvalue weighted by Gasteiger charge is 2.35. The van der Waals surface area contributed by atoms with Crippen molar-refractivity contribution in [2.24, 2.45) is 4.99 Å². The van der Waals surface area contributed by atoms with Gasteiger partial charge in [0.2, 0.25) is 0 Å². The van der Waals surface area contributed by atoms with Gasteiger partial charge in [0.25, 0.3) is 0 Å². The van der Waals surface area contributed by atoms with Gasteiger partial charge in [0.15, 0.2) is 6.17 Å². The topological polar surface area (TPSA) is 36.4 Å². The maximum Gasteiger partial charge on any atom is 0.183 e. The van der Waals surface area contributed by atoms with Gasteiger partial charge in [-0.2, -0.15) is 0 Å². The summed E-state index contributed by atoms with van der Waals surface area (Å²) in [5.74, 6) is 0. The molecule has 0 fully saturated rings. The number of hydrogen-bond donors (Lipinski definition) is 2. The van der Waals surface area contributed by atoms with E-state index in [0.717, 1.165) is 17.6 Å². The van der Waals surface area contributed by atoms with Crippen molar-refractivity contribution in [2.75, 3.05) is 39.8 Å². The smallest absolute Gasteiger partial charge is 0.183 e. The first-order valence-electron chi connectivity index (χ1n) is 6.53. The van der Waals surface area contributed by atoms with Crippen LogP contribution in [0.3, 0.4) is 0 Å². The highest BCUT2D eigenvalue weighted by molar-refractivity contribution is 5.56. The Morgan fingerprint density at radius 1 is 1.31 bits per heavy atom.